The van der Waals surface area contributed by atoms with E-state index in [4.69, 9.17) is 0 Å². The second-order valence-corrected chi connectivity index (χ2v) is 6.95. The minimum Gasteiger partial charge on any atom is -0.368 e. The summed E-state index contributed by atoms with van der Waals surface area (Å²) in [6.07, 6.45) is 7.45. The summed E-state index contributed by atoms with van der Waals surface area (Å²) < 4.78 is 0. The van der Waals surface area contributed by atoms with Gasteiger partial charge in [0.15, 0.2) is 0 Å². The molecular weight excluding hydrogens is 286 g/mol. The predicted octanol–water partition coefficient (Wildman–Crippen LogP) is 3.55. The van der Waals surface area contributed by atoms with Gasteiger partial charge in [-0.15, -0.1) is 0 Å². The SMILES string of the molecule is Cc1cccc(N2CCN(C(=O)NC3CCCCCC3)CC2)c1. The van der Waals surface area contributed by atoms with Crippen molar-refractivity contribution in [1.82, 2.24) is 10.2 Å². The molecule has 1 aliphatic heterocycles. The molecule has 2 fully saturated rings. The number of benzene rings is 1. The summed E-state index contributed by atoms with van der Waals surface area (Å²) in [5.41, 5.74) is 2.56. The molecule has 1 saturated heterocycles. The van der Waals surface area contributed by atoms with Crippen LogP contribution in [0.15, 0.2) is 24.3 Å². The molecule has 0 aromatic heterocycles. The van der Waals surface area contributed by atoms with Crippen molar-refractivity contribution < 1.29 is 4.79 Å². The van der Waals surface area contributed by atoms with E-state index < -0.39 is 0 Å². The molecule has 2 amide bonds. The van der Waals surface area contributed by atoms with Gasteiger partial charge >= 0.3 is 6.03 Å². The van der Waals surface area contributed by atoms with Crippen LogP contribution in [0.25, 0.3) is 0 Å². The number of hydrogen-bond acceptors (Lipinski definition) is 2. The maximum absolute atomic E-state index is 12.5. The number of rotatable bonds is 2. The molecule has 4 nitrogen and oxygen atoms in total. The fourth-order valence-corrected chi connectivity index (χ4v) is 3.68. The lowest BCUT2D eigenvalue weighted by Gasteiger charge is -2.36. The second kappa shape index (κ2) is 7.71. The van der Waals surface area contributed by atoms with Gasteiger partial charge in [-0.1, -0.05) is 37.8 Å². The molecule has 1 heterocycles. The van der Waals surface area contributed by atoms with Crippen LogP contribution in [0.1, 0.15) is 44.1 Å². The van der Waals surface area contributed by atoms with Crippen molar-refractivity contribution in [3.05, 3.63) is 29.8 Å². The molecule has 0 atom stereocenters. The second-order valence-electron chi connectivity index (χ2n) is 6.95. The van der Waals surface area contributed by atoms with E-state index in [9.17, 15) is 4.79 Å². The number of aryl methyl sites for hydroxylation is 1. The standard InChI is InChI=1S/C19H29N3O/c1-16-7-6-10-18(15-16)21-11-13-22(14-12-21)19(23)20-17-8-4-2-3-5-9-17/h6-7,10,15,17H,2-5,8-9,11-14H2,1H3,(H,20,23). The van der Waals surface area contributed by atoms with E-state index in [0.717, 1.165) is 39.0 Å². The Morgan fingerprint density at radius 3 is 2.39 bits per heavy atom. The van der Waals surface area contributed by atoms with Crippen molar-refractivity contribution in [2.24, 2.45) is 0 Å². The van der Waals surface area contributed by atoms with Crippen LogP contribution < -0.4 is 10.2 Å². The first-order valence-corrected chi connectivity index (χ1v) is 9.09. The number of hydrogen-bond donors (Lipinski definition) is 1. The topological polar surface area (TPSA) is 35.6 Å². The molecule has 4 heteroatoms. The minimum atomic E-state index is 0.140. The summed E-state index contributed by atoms with van der Waals surface area (Å²) in [5.74, 6) is 0. The van der Waals surface area contributed by atoms with E-state index in [0.29, 0.717) is 6.04 Å². The van der Waals surface area contributed by atoms with Crippen molar-refractivity contribution >= 4 is 11.7 Å². The molecule has 1 aliphatic carbocycles. The van der Waals surface area contributed by atoms with Gasteiger partial charge in [-0.3, -0.25) is 0 Å². The van der Waals surface area contributed by atoms with Crippen molar-refractivity contribution in [2.45, 2.75) is 51.5 Å². The van der Waals surface area contributed by atoms with Crippen LogP contribution in [-0.4, -0.2) is 43.2 Å². The minimum absolute atomic E-state index is 0.140. The van der Waals surface area contributed by atoms with Crippen LogP contribution in [-0.2, 0) is 0 Å². The maximum Gasteiger partial charge on any atom is 0.317 e. The highest BCUT2D eigenvalue weighted by Gasteiger charge is 2.23. The van der Waals surface area contributed by atoms with Gasteiger partial charge < -0.3 is 15.1 Å². The lowest BCUT2D eigenvalue weighted by molar-refractivity contribution is 0.189. The molecule has 1 N–H and O–H groups in total. The average molecular weight is 315 g/mol. The Balaban J connectivity index is 1.49. The molecule has 3 rings (SSSR count). The Bertz CT molecular complexity index is 515. The van der Waals surface area contributed by atoms with Crippen molar-refractivity contribution in [3.63, 3.8) is 0 Å². The molecule has 1 saturated carbocycles. The predicted molar refractivity (Wildman–Crippen MR) is 95.0 cm³/mol. The van der Waals surface area contributed by atoms with Gasteiger partial charge in [-0.25, -0.2) is 4.79 Å². The highest BCUT2D eigenvalue weighted by molar-refractivity contribution is 5.75. The Labute approximate surface area is 139 Å². The van der Waals surface area contributed by atoms with Gasteiger partial charge in [-0.2, -0.15) is 0 Å². The summed E-state index contributed by atoms with van der Waals surface area (Å²) in [6.45, 7) is 5.59. The van der Waals surface area contributed by atoms with Gasteiger partial charge in [0.2, 0.25) is 0 Å². The molecule has 2 aliphatic rings. The summed E-state index contributed by atoms with van der Waals surface area (Å²) in [6, 6.07) is 9.14. The number of anilines is 1. The number of nitrogens with zero attached hydrogens (tertiary/aromatic N) is 2. The Morgan fingerprint density at radius 1 is 1.04 bits per heavy atom. The molecule has 0 bridgehead atoms. The van der Waals surface area contributed by atoms with Crippen molar-refractivity contribution in [3.8, 4) is 0 Å². The Morgan fingerprint density at radius 2 is 1.74 bits per heavy atom. The summed E-state index contributed by atoms with van der Waals surface area (Å²) in [7, 11) is 0. The fraction of sp³-hybridized carbons (Fsp3) is 0.632. The van der Waals surface area contributed by atoms with Gasteiger partial charge in [-0.05, 0) is 37.5 Å². The molecule has 0 radical (unpaired) electrons. The Hall–Kier alpha value is -1.71. The van der Waals surface area contributed by atoms with Crippen LogP contribution in [0.4, 0.5) is 10.5 Å². The van der Waals surface area contributed by atoms with Crippen molar-refractivity contribution in [1.29, 1.82) is 0 Å². The molecule has 0 spiro atoms. The molecule has 1 aromatic carbocycles. The zero-order valence-corrected chi connectivity index (χ0v) is 14.3. The van der Waals surface area contributed by atoms with E-state index in [1.54, 1.807) is 0 Å². The molecular formula is C19H29N3O. The smallest absolute Gasteiger partial charge is 0.317 e. The number of nitrogens with one attached hydrogen (secondary N) is 1. The lowest BCUT2D eigenvalue weighted by atomic mass is 10.1. The van der Waals surface area contributed by atoms with Crippen LogP contribution in [0.2, 0.25) is 0 Å². The van der Waals surface area contributed by atoms with Gasteiger partial charge in [0.25, 0.3) is 0 Å². The number of amides is 2. The van der Waals surface area contributed by atoms with Crippen LogP contribution in [0.5, 0.6) is 0 Å². The number of urea groups is 1. The largest absolute Gasteiger partial charge is 0.368 e. The first-order valence-electron chi connectivity index (χ1n) is 9.09. The van der Waals surface area contributed by atoms with Gasteiger partial charge in [0.05, 0.1) is 0 Å². The maximum atomic E-state index is 12.5. The monoisotopic (exact) mass is 315 g/mol. The van der Waals surface area contributed by atoms with Crippen LogP contribution in [0, 0.1) is 6.92 Å². The molecule has 126 valence electrons. The quantitative estimate of drug-likeness (QED) is 0.847. The van der Waals surface area contributed by atoms with Crippen LogP contribution >= 0.6 is 0 Å². The molecule has 0 unspecified atom stereocenters. The number of carbonyl (C=O) groups excluding carboxylic acids is 1. The highest BCUT2D eigenvalue weighted by atomic mass is 16.2. The Kier molecular flexibility index (Phi) is 5.42. The fourth-order valence-electron chi connectivity index (χ4n) is 3.68. The third kappa shape index (κ3) is 4.40. The number of carbonyl (C=O) groups is 1. The zero-order chi connectivity index (χ0) is 16.1. The molecule has 1 aromatic rings. The summed E-state index contributed by atoms with van der Waals surface area (Å²) in [4.78, 5) is 16.8. The van der Waals surface area contributed by atoms with E-state index >= 15 is 0 Å². The van der Waals surface area contributed by atoms with Crippen LogP contribution in [0.3, 0.4) is 0 Å². The highest BCUT2D eigenvalue weighted by Crippen LogP contribution is 2.19. The lowest BCUT2D eigenvalue weighted by Crippen LogP contribution is -2.53. The first-order chi connectivity index (χ1) is 11.2. The van der Waals surface area contributed by atoms with Gasteiger partial charge in [0, 0.05) is 37.9 Å². The summed E-state index contributed by atoms with van der Waals surface area (Å²) >= 11 is 0. The third-order valence-corrected chi connectivity index (χ3v) is 5.12. The van der Waals surface area contributed by atoms with Gasteiger partial charge in [0.1, 0.15) is 0 Å². The average Bonchev–Trinajstić information content (AvgIpc) is 2.84. The molecule has 23 heavy (non-hydrogen) atoms. The summed E-state index contributed by atoms with van der Waals surface area (Å²) in [5, 5.41) is 3.26. The van der Waals surface area contributed by atoms with E-state index in [1.807, 2.05) is 4.90 Å². The van der Waals surface area contributed by atoms with E-state index in [1.165, 1.54) is 36.9 Å². The number of piperazine rings is 1. The first kappa shape index (κ1) is 16.2. The zero-order valence-electron chi connectivity index (χ0n) is 14.3. The van der Waals surface area contributed by atoms with E-state index in [2.05, 4.69) is 41.4 Å². The normalized spacial score (nSPS) is 20.2. The third-order valence-electron chi connectivity index (χ3n) is 5.12. The van der Waals surface area contributed by atoms with E-state index in [-0.39, 0.29) is 6.03 Å². The van der Waals surface area contributed by atoms with Crippen molar-refractivity contribution in [2.75, 3.05) is 31.1 Å².